The predicted molar refractivity (Wildman–Crippen MR) is 64.8 cm³/mol. The van der Waals surface area contributed by atoms with Crippen molar-refractivity contribution in [2.24, 2.45) is 11.8 Å². The Hall–Kier alpha value is -1.59. The summed E-state index contributed by atoms with van der Waals surface area (Å²) in [6.45, 7) is 6.55. The molecule has 0 heterocycles. The quantitative estimate of drug-likeness (QED) is 0.704. The van der Waals surface area contributed by atoms with Crippen LogP contribution in [0.3, 0.4) is 0 Å². The van der Waals surface area contributed by atoms with Crippen molar-refractivity contribution in [2.75, 3.05) is 13.1 Å². The Morgan fingerprint density at radius 3 is 2.22 bits per heavy atom. The second kappa shape index (κ2) is 5.84. The fourth-order valence-corrected chi connectivity index (χ4v) is 1.95. The van der Waals surface area contributed by atoms with Crippen LogP contribution in [0.15, 0.2) is 0 Å². The number of aliphatic carboxylic acids is 1. The Morgan fingerprint density at radius 1 is 1.28 bits per heavy atom. The van der Waals surface area contributed by atoms with E-state index in [0.717, 1.165) is 0 Å². The number of nitrogens with one attached hydrogen (secondary N) is 1. The topological polar surface area (TPSA) is 86.7 Å². The van der Waals surface area contributed by atoms with Gasteiger partial charge in [-0.25, -0.2) is 0 Å². The molecule has 102 valence electrons. The van der Waals surface area contributed by atoms with Crippen LogP contribution in [-0.4, -0.2) is 46.9 Å². The second-order valence-corrected chi connectivity index (χ2v) is 4.53. The highest BCUT2D eigenvalue weighted by molar-refractivity contribution is 5.93. The lowest BCUT2D eigenvalue weighted by molar-refractivity contribution is -0.140. The van der Waals surface area contributed by atoms with E-state index < -0.39 is 23.8 Å². The molecule has 2 N–H and O–H groups in total. The average molecular weight is 256 g/mol. The monoisotopic (exact) mass is 256 g/mol. The number of carboxylic acids is 1. The van der Waals surface area contributed by atoms with Gasteiger partial charge >= 0.3 is 5.97 Å². The van der Waals surface area contributed by atoms with Crippen LogP contribution in [0.5, 0.6) is 0 Å². The fourth-order valence-electron chi connectivity index (χ4n) is 1.95. The summed E-state index contributed by atoms with van der Waals surface area (Å²) in [6, 6.07) is -0.604. The molecule has 0 saturated heterocycles. The molecule has 0 aromatic rings. The number of rotatable bonds is 6. The van der Waals surface area contributed by atoms with Crippen molar-refractivity contribution in [3.8, 4) is 0 Å². The molecule has 0 radical (unpaired) electrons. The first-order chi connectivity index (χ1) is 8.42. The SMILES string of the molecule is CCN(CC)C(=O)C(C)NC(=O)[C@@H]1C[C@@H]1C(=O)O. The fraction of sp³-hybridized carbons (Fsp3) is 0.750. The van der Waals surface area contributed by atoms with Gasteiger partial charge in [0.2, 0.25) is 11.8 Å². The van der Waals surface area contributed by atoms with Crippen LogP contribution in [0.25, 0.3) is 0 Å². The van der Waals surface area contributed by atoms with Crippen molar-refractivity contribution in [3.63, 3.8) is 0 Å². The number of hydrogen-bond acceptors (Lipinski definition) is 3. The molecule has 18 heavy (non-hydrogen) atoms. The minimum Gasteiger partial charge on any atom is -0.481 e. The molecule has 0 bridgehead atoms. The van der Waals surface area contributed by atoms with Gasteiger partial charge in [-0.1, -0.05) is 0 Å². The van der Waals surface area contributed by atoms with Crippen LogP contribution < -0.4 is 5.32 Å². The molecular weight excluding hydrogens is 236 g/mol. The summed E-state index contributed by atoms with van der Waals surface area (Å²) in [7, 11) is 0. The molecule has 1 unspecified atom stereocenters. The molecule has 6 nitrogen and oxygen atoms in total. The van der Waals surface area contributed by atoms with Crippen molar-refractivity contribution in [1.82, 2.24) is 10.2 Å². The number of carbonyl (C=O) groups is 3. The van der Waals surface area contributed by atoms with Crippen LogP contribution in [0.1, 0.15) is 27.2 Å². The van der Waals surface area contributed by atoms with Gasteiger partial charge in [-0.15, -0.1) is 0 Å². The Kier molecular flexibility index (Phi) is 4.69. The van der Waals surface area contributed by atoms with E-state index >= 15 is 0 Å². The van der Waals surface area contributed by atoms with Crippen molar-refractivity contribution in [2.45, 2.75) is 33.2 Å². The zero-order valence-electron chi connectivity index (χ0n) is 11.0. The highest BCUT2D eigenvalue weighted by Gasteiger charge is 2.48. The van der Waals surface area contributed by atoms with Crippen LogP contribution in [0, 0.1) is 11.8 Å². The lowest BCUT2D eigenvalue weighted by Crippen LogP contribution is -2.47. The van der Waals surface area contributed by atoms with Gasteiger partial charge in [0.05, 0.1) is 11.8 Å². The van der Waals surface area contributed by atoms with Gasteiger partial charge in [-0.2, -0.15) is 0 Å². The van der Waals surface area contributed by atoms with E-state index in [1.54, 1.807) is 11.8 Å². The minimum atomic E-state index is -0.946. The number of carboxylic acid groups (broad SMARTS) is 1. The van der Waals surface area contributed by atoms with E-state index in [4.69, 9.17) is 5.11 Å². The molecular formula is C12H20N2O4. The van der Waals surface area contributed by atoms with Crippen molar-refractivity contribution in [3.05, 3.63) is 0 Å². The van der Waals surface area contributed by atoms with Gasteiger partial charge in [0, 0.05) is 13.1 Å². The smallest absolute Gasteiger partial charge is 0.307 e. The highest BCUT2D eigenvalue weighted by Crippen LogP contribution is 2.38. The number of amides is 2. The average Bonchev–Trinajstić information content (AvgIpc) is 3.10. The molecule has 1 fully saturated rings. The molecule has 1 rings (SSSR count). The summed E-state index contributed by atoms with van der Waals surface area (Å²) in [5.74, 6) is -2.48. The lowest BCUT2D eigenvalue weighted by Gasteiger charge is -2.23. The van der Waals surface area contributed by atoms with E-state index in [1.165, 1.54) is 0 Å². The zero-order valence-corrected chi connectivity index (χ0v) is 11.0. The van der Waals surface area contributed by atoms with E-state index in [2.05, 4.69) is 5.32 Å². The first-order valence-electron chi connectivity index (χ1n) is 6.24. The maximum Gasteiger partial charge on any atom is 0.307 e. The van der Waals surface area contributed by atoms with Crippen LogP contribution in [-0.2, 0) is 14.4 Å². The summed E-state index contributed by atoms with van der Waals surface area (Å²) >= 11 is 0. The molecule has 1 aliphatic carbocycles. The number of hydrogen-bond donors (Lipinski definition) is 2. The summed E-state index contributed by atoms with van der Waals surface area (Å²) in [6.07, 6.45) is 0.368. The number of carbonyl (C=O) groups excluding carboxylic acids is 2. The Balaban J connectivity index is 2.45. The van der Waals surface area contributed by atoms with Gasteiger partial charge in [0.1, 0.15) is 6.04 Å². The third-order valence-corrected chi connectivity index (χ3v) is 3.25. The number of nitrogens with zero attached hydrogens (tertiary/aromatic N) is 1. The van der Waals surface area contributed by atoms with Crippen LogP contribution in [0.4, 0.5) is 0 Å². The van der Waals surface area contributed by atoms with Crippen LogP contribution in [0.2, 0.25) is 0 Å². The van der Waals surface area contributed by atoms with Gasteiger partial charge in [0.25, 0.3) is 0 Å². The first kappa shape index (κ1) is 14.5. The molecule has 1 aliphatic rings. The Bertz CT molecular complexity index is 352. The standard InChI is InChI=1S/C12H20N2O4/c1-4-14(5-2)11(16)7(3)13-10(15)8-6-9(8)12(17)18/h7-9H,4-6H2,1-3H3,(H,13,15)(H,17,18)/t7?,8-,9+/m1/s1. The minimum absolute atomic E-state index is 0.138. The summed E-state index contributed by atoms with van der Waals surface area (Å²) in [5, 5.41) is 11.3. The van der Waals surface area contributed by atoms with Gasteiger partial charge < -0.3 is 15.3 Å². The molecule has 0 aromatic heterocycles. The maximum atomic E-state index is 11.9. The molecule has 1 saturated carbocycles. The molecule has 0 aliphatic heterocycles. The third-order valence-electron chi connectivity index (χ3n) is 3.25. The van der Waals surface area contributed by atoms with Crippen molar-refractivity contribution >= 4 is 17.8 Å². The lowest BCUT2D eigenvalue weighted by atomic mass is 10.2. The molecule has 6 heteroatoms. The molecule has 2 amide bonds. The summed E-state index contributed by atoms with van der Waals surface area (Å²) in [4.78, 5) is 35.9. The molecule has 0 aromatic carbocycles. The van der Waals surface area contributed by atoms with E-state index in [9.17, 15) is 14.4 Å². The Labute approximate surface area is 106 Å². The Morgan fingerprint density at radius 2 is 1.83 bits per heavy atom. The predicted octanol–water partition coefficient (Wildman–Crippen LogP) is 0.0802. The molecule has 0 spiro atoms. The van der Waals surface area contributed by atoms with E-state index in [1.807, 2.05) is 13.8 Å². The van der Waals surface area contributed by atoms with Crippen LogP contribution >= 0.6 is 0 Å². The van der Waals surface area contributed by atoms with Gasteiger partial charge in [-0.3, -0.25) is 14.4 Å². The van der Waals surface area contributed by atoms with E-state index in [-0.39, 0.29) is 11.8 Å². The van der Waals surface area contributed by atoms with Crippen molar-refractivity contribution in [1.29, 1.82) is 0 Å². The summed E-state index contributed by atoms with van der Waals surface area (Å²) < 4.78 is 0. The highest BCUT2D eigenvalue weighted by atomic mass is 16.4. The molecule has 3 atom stereocenters. The van der Waals surface area contributed by atoms with E-state index in [0.29, 0.717) is 19.5 Å². The number of likely N-dealkylation sites (N-methyl/N-ethyl adjacent to an activating group) is 1. The summed E-state index contributed by atoms with van der Waals surface area (Å²) in [5.41, 5.74) is 0. The van der Waals surface area contributed by atoms with Gasteiger partial charge in [-0.05, 0) is 27.2 Å². The maximum absolute atomic E-state index is 11.9. The van der Waals surface area contributed by atoms with Gasteiger partial charge in [0.15, 0.2) is 0 Å². The normalized spacial score (nSPS) is 23.1. The zero-order chi connectivity index (χ0) is 13.9. The first-order valence-corrected chi connectivity index (χ1v) is 6.24. The second-order valence-electron chi connectivity index (χ2n) is 4.53. The largest absolute Gasteiger partial charge is 0.481 e. The third kappa shape index (κ3) is 3.21. The van der Waals surface area contributed by atoms with Crippen molar-refractivity contribution < 1.29 is 19.5 Å².